The van der Waals surface area contributed by atoms with Crippen LogP contribution in [0.3, 0.4) is 0 Å². The number of anilines is 1. The van der Waals surface area contributed by atoms with E-state index in [-0.39, 0.29) is 12.1 Å². The molecule has 2 aromatic rings. The third-order valence-corrected chi connectivity index (χ3v) is 7.20. The minimum Gasteiger partial charge on any atom is -0.377 e. The molecular formula is C19H26N2O2S. The summed E-state index contributed by atoms with van der Waals surface area (Å²) in [5.74, 6) is 0. The van der Waals surface area contributed by atoms with E-state index < -0.39 is 10.0 Å². The van der Waals surface area contributed by atoms with Crippen LogP contribution in [0.25, 0.3) is 10.8 Å². The molecule has 2 atom stereocenters. The number of hydrogen-bond donors (Lipinski definition) is 0. The maximum atomic E-state index is 13.4. The molecule has 0 spiro atoms. The summed E-state index contributed by atoms with van der Waals surface area (Å²) < 4.78 is 28.5. The van der Waals surface area contributed by atoms with Crippen LogP contribution in [-0.2, 0) is 10.0 Å². The van der Waals surface area contributed by atoms with Crippen molar-refractivity contribution in [3.63, 3.8) is 0 Å². The Kier molecular flexibility index (Phi) is 4.58. The SMILES string of the molecule is CC1CCCC(C)N1S(=O)(=O)c1cccc2c(N(C)C)cccc12. The molecule has 24 heavy (non-hydrogen) atoms. The minimum atomic E-state index is -3.51. The van der Waals surface area contributed by atoms with Crippen LogP contribution in [0.1, 0.15) is 33.1 Å². The molecular weight excluding hydrogens is 320 g/mol. The molecule has 130 valence electrons. The quantitative estimate of drug-likeness (QED) is 0.847. The highest BCUT2D eigenvalue weighted by atomic mass is 32.2. The summed E-state index contributed by atoms with van der Waals surface area (Å²) in [7, 11) is 0.439. The zero-order chi connectivity index (χ0) is 17.5. The zero-order valence-corrected chi connectivity index (χ0v) is 15.7. The number of piperidine rings is 1. The first kappa shape index (κ1) is 17.2. The van der Waals surface area contributed by atoms with Crippen LogP contribution < -0.4 is 4.90 Å². The van der Waals surface area contributed by atoms with Crippen molar-refractivity contribution < 1.29 is 8.42 Å². The average molecular weight is 346 g/mol. The van der Waals surface area contributed by atoms with Crippen LogP contribution in [-0.4, -0.2) is 38.9 Å². The van der Waals surface area contributed by atoms with Crippen LogP contribution in [0.2, 0.25) is 0 Å². The first-order chi connectivity index (χ1) is 11.3. The van der Waals surface area contributed by atoms with Crippen molar-refractivity contribution in [1.29, 1.82) is 0 Å². The first-order valence-electron chi connectivity index (χ1n) is 8.56. The second-order valence-electron chi connectivity index (χ2n) is 6.99. The summed E-state index contributed by atoms with van der Waals surface area (Å²) in [5.41, 5.74) is 1.03. The number of nitrogens with zero attached hydrogens (tertiary/aromatic N) is 2. The molecule has 1 aliphatic heterocycles. The fourth-order valence-electron chi connectivity index (χ4n) is 3.86. The third kappa shape index (κ3) is 2.80. The minimum absolute atomic E-state index is 0.0473. The van der Waals surface area contributed by atoms with Crippen LogP contribution in [0, 0.1) is 0 Å². The van der Waals surface area contributed by atoms with Crippen LogP contribution >= 0.6 is 0 Å². The maximum absolute atomic E-state index is 13.4. The summed E-state index contributed by atoms with van der Waals surface area (Å²) in [6.45, 7) is 4.03. The Bertz CT molecular complexity index is 836. The summed E-state index contributed by atoms with van der Waals surface area (Å²) in [6.07, 6.45) is 2.95. The molecule has 0 N–H and O–H groups in total. The molecule has 1 fully saturated rings. The largest absolute Gasteiger partial charge is 0.377 e. The molecule has 2 aromatic carbocycles. The van der Waals surface area contributed by atoms with Gasteiger partial charge in [0.15, 0.2) is 0 Å². The van der Waals surface area contributed by atoms with Crippen molar-refractivity contribution in [2.24, 2.45) is 0 Å². The van der Waals surface area contributed by atoms with Gasteiger partial charge in [-0.25, -0.2) is 8.42 Å². The van der Waals surface area contributed by atoms with E-state index in [2.05, 4.69) is 0 Å². The second kappa shape index (κ2) is 6.37. The van der Waals surface area contributed by atoms with E-state index in [1.807, 2.05) is 63.2 Å². The summed E-state index contributed by atoms with van der Waals surface area (Å²) in [6, 6.07) is 11.5. The zero-order valence-electron chi connectivity index (χ0n) is 14.9. The van der Waals surface area contributed by atoms with Gasteiger partial charge >= 0.3 is 0 Å². The predicted molar refractivity (Wildman–Crippen MR) is 100 cm³/mol. The van der Waals surface area contributed by atoms with Crippen molar-refractivity contribution in [2.75, 3.05) is 19.0 Å². The van der Waals surface area contributed by atoms with E-state index in [0.29, 0.717) is 4.90 Å². The lowest BCUT2D eigenvalue weighted by molar-refractivity contribution is 0.204. The van der Waals surface area contributed by atoms with Gasteiger partial charge in [-0.1, -0.05) is 30.7 Å². The molecule has 5 heteroatoms. The van der Waals surface area contributed by atoms with Gasteiger partial charge in [-0.3, -0.25) is 0 Å². The Balaban J connectivity index is 2.20. The number of benzene rings is 2. The van der Waals surface area contributed by atoms with E-state index in [9.17, 15) is 8.42 Å². The Morgan fingerprint density at radius 2 is 1.54 bits per heavy atom. The first-order valence-corrected chi connectivity index (χ1v) is 10.0. The number of hydrogen-bond acceptors (Lipinski definition) is 3. The molecule has 0 saturated carbocycles. The predicted octanol–water partition coefficient (Wildman–Crippen LogP) is 3.86. The van der Waals surface area contributed by atoms with E-state index >= 15 is 0 Å². The summed E-state index contributed by atoms with van der Waals surface area (Å²) >= 11 is 0. The van der Waals surface area contributed by atoms with E-state index in [4.69, 9.17) is 0 Å². The highest BCUT2D eigenvalue weighted by molar-refractivity contribution is 7.89. The monoisotopic (exact) mass is 346 g/mol. The molecule has 0 aromatic heterocycles. The molecule has 2 unspecified atom stereocenters. The fourth-order valence-corrected chi connectivity index (χ4v) is 5.96. The van der Waals surface area contributed by atoms with Gasteiger partial charge < -0.3 is 4.90 Å². The molecule has 0 amide bonds. The van der Waals surface area contributed by atoms with Crippen LogP contribution in [0.15, 0.2) is 41.3 Å². The van der Waals surface area contributed by atoms with Crippen LogP contribution in [0.5, 0.6) is 0 Å². The van der Waals surface area contributed by atoms with Gasteiger partial charge in [0.1, 0.15) is 0 Å². The maximum Gasteiger partial charge on any atom is 0.244 e. The lowest BCUT2D eigenvalue weighted by Gasteiger charge is -2.38. The Hall–Kier alpha value is -1.59. The number of fused-ring (bicyclic) bond motifs is 1. The van der Waals surface area contributed by atoms with Crippen molar-refractivity contribution in [3.05, 3.63) is 36.4 Å². The Labute approximate surface area is 145 Å². The number of sulfonamides is 1. The van der Waals surface area contributed by atoms with Gasteiger partial charge in [0.05, 0.1) is 4.90 Å². The molecule has 1 saturated heterocycles. The third-order valence-electron chi connectivity index (χ3n) is 5.01. The van der Waals surface area contributed by atoms with Gasteiger partial charge in [-0.2, -0.15) is 4.31 Å². The molecule has 1 heterocycles. The molecule has 0 radical (unpaired) electrons. The second-order valence-corrected chi connectivity index (χ2v) is 8.80. The molecule has 1 aliphatic rings. The summed E-state index contributed by atoms with van der Waals surface area (Å²) in [5, 5.41) is 1.77. The van der Waals surface area contributed by atoms with Gasteiger partial charge in [0.2, 0.25) is 10.0 Å². The standard InChI is InChI=1S/C19H26N2O2S/c1-14-8-5-9-15(2)21(14)24(22,23)19-13-7-10-16-17(19)11-6-12-18(16)20(3)4/h6-7,10-15H,5,8-9H2,1-4H3. The van der Waals surface area contributed by atoms with Gasteiger partial charge in [0, 0.05) is 42.6 Å². The van der Waals surface area contributed by atoms with Crippen LogP contribution in [0.4, 0.5) is 5.69 Å². The van der Waals surface area contributed by atoms with Crippen molar-refractivity contribution in [2.45, 2.75) is 50.1 Å². The molecule has 4 nitrogen and oxygen atoms in total. The average Bonchev–Trinajstić information content (AvgIpc) is 2.53. The molecule has 3 rings (SSSR count). The van der Waals surface area contributed by atoms with E-state index in [0.717, 1.165) is 35.7 Å². The van der Waals surface area contributed by atoms with Crippen molar-refractivity contribution in [1.82, 2.24) is 4.31 Å². The molecule has 0 aliphatic carbocycles. The molecule has 0 bridgehead atoms. The highest BCUT2D eigenvalue weighted by Gasteiger charge is 2.36. The Morgan fingerprint density at radius 3 is 2.17 bits per heavy atom. The number of rotatable bonds is 3. The smallest absolute Gasteiger partial charge is 0.244 e. The van der Waals surface area contributed by atoms with Gasteiger partial charge in [-0.05, 0) is 38.8 Å². The van der Waals surface area contributed by atoms with E-state index in [1.54, 1.807) is 10.4 Å². The fraction of sp³-hybridized carbons (Fsp3) is 0.474. The lowest BCUT2D eigenvalue weighted by atomic mass is 10.0. The van der Waals surface area contributed by atoms with Crippen molar-refractivity contribution in [3.8, 4) is 0 Å². The highest BCUT2D eigenvalue weighted by Crippen LogP contribution is 2.35. The van der Waals surface area contributed by atoms with Crippen molar-refractivity contribution >= 4 is 26.5 Å². The summed E-state index contributed by atoms with van der Waals surface area (Å²) in [4.78, 5) is 2.44. The Morgan fingerprint density at radius 1 is 0.958 bits per heavy atom. The topological polar surface area (TPSA) is 40.6 Å². The lowest BCUT2D eigenvalue weighted by Crippen LogP contribution is -2.47. The van der Waals surface area contributed by atoms with Gasteiger partial charge in [-0.15, -0.1) is 0 Å². The normalized spacial score (nSPS) is 22.7. The van der Waals surface area contributed by atoms with E-state index in [1.165, 1.54) is 0 Å². The van der Waals surface area contributed by atoms with Gasteiger partial charge in [0.25, 0.3) is 0 Å².